The van der Waals surface area contributed by atoms with Crippen LogP contribution in [0.5, 0.6) is 0 Å². The molecular formula is C22H17Cl3N4O2. The number of nitrogens with zero attached hydrogens (tertiary/aromatic N) is 3. The van der Waals surface area contributed by atoms with Crippen molar-refractivity contribution in [3.05, 3.63) is 92.2 Å². The van der Waals surface area contributed by atoms with E-state index in [-0.39, 0.29) is 6.03 Å². The molecule has 4 rings (SSSR count). The van der Waals surface area contributed by atoms with E-state index in [1.807, 2.05) is 24.3 Å². The molecule has 9 heteroatoms. The summed E-state index contributed by atoms with van der Waals surface area (Å²) in [6.07, 6.45) is 2.83. The minimum absolute atomic E-state index is 0.340. The number of halogens is 3. The monoisotopic (exact) mass is 474 g/mol. The van der Waals surface area contributed by atoms with Gasteiger partial charge in [-0.3, -0.25) is 0 Å². The number of urea groups is 1. The first-order chi connectivity index (χ1) is 14.9. The maximum absolute atomic E-state index is 12.0. The first kappa shape index (κ1) is 21.6. The van der Waals surface area contributed by atoms with Gasteiger partial charge in [0, 0.05) is 34.4 Å². The summed E-state index contributed by atoms with van der Waals surface area (Å²) >= 11 is 18.8. The standard InChI is InChI=1S/C22H17Cl3N4O2/c23-18-10-16(29-22(31)26-7-8-28-29)11-19(24)17(18)9-13-1-3-14(4-2-13)21(30)15-5-6-20(25)27-12-15/h1-6,8,10-12,21,30H,7,9H2,(H,26,31). The number of rotatable bonds is 5. The molecule has 2 amide bonds. The number of anilines is 1. The van der Waals surface area contributed by atoms with E-state index in [4.69, 9.17) is 34.8 Å². The molecule has 0 fully saturated rings. The number of carbonyl (C=O) groups is 1. The first-order valence-corrected chi connectivity index (χ1v) is 10.5. The number of aliphatic hydroxyl groups is 1. The van der Waals surface area contributed by atoms with Crippen LogP contribution in [0.4, 0.5) is 10.5 Å². The number of benzene rings is 2. The number of hydrogen-bond acceptors (Lipinski definition) is 4. The molecule has 0 bridgehead atoms. The van der Waals surface area contributed by atoms with E-state index in [0.29, 0.717) is 39.4 Å². The van der Waals surface area contributed by atoms with E-state index in [9.17, 15) is 9.90 Å². The molecule has 0 spiro atoms. The summed E-state index contributed by atoms with van der Waals surface area (Å²) in [7, 11) is 0. The van der Waals surface area contributed by atoms with Crippen molar-refractivity contribution in [1.82, 2.24) is 10.3 Å². The number of aromatic nitrogens is 1. The second-order valence-electron chi connectivity index (χ2n) is 6.92. The van der Waals surface area contributed by atoms with Gasteiger partial charge in [-0.25, -0.2) is 9.78 Å². The largest absolute Gasteiger partial charge is 0.384 e. The van der Waals surface area contributed by atoms with Crippen LogP contribution in [0, 0.1) is 0 Å². The van der Waals surface area contributed by atoms with Crippen LogP contribution >= 0.6 is 34.8 Å². The zero-order chi connectivity index (χ0) is 22.0. The molecule has 2 heterocycles. The van der Waals surface area contributed by atoms with Crippen LogP contribution in [0.1, 0.15) is 28.4 Å². The highest BCUT2D eigenvalue weighted by molar-refractivity contribution is 6.36. The van der Waals surface area contributed by atoms with Crippen LogP contribution in [0.25, 0.3) is 0 Å². The third-order valence-electron chi connectivity index (χ3n) is 4.85. The van der Waals surface area contributed by atoms with Gasteiger partial charge in [0.05, 0.1) is 12.2 Å². The quantitative estimate of drug-likeness (QED) is 0.496. The second kappa shape index (κ2) is 9.24. The lowest BCUT2D eigenvalue weighted by molar-refractivity contribution is 0.220. The van der Waals surface area contributed by atoms with Crippen molar-refractivity contribution in [2.75, 3.05) is 11.6 Å². The fourth-order valence-corrected chi connectivity index (χ4v) is 3.93. The molecule has 31 heavy (non-hydrogen) atoms. The van der Waals surface area contributed by atoms with Crippen LogP contribution in [-0.2, 0) is 6.42 Å². The fraction of sp³-hybridized carbons (Fsp3) is 0.136. The minimum atomic E-state index is -0.804. The molecular weight excluding hydrogens is 459 g/mol. The van der Waals surface area contributed by atoms with Crippen molar-refractivity contribution in [2.24, 2.45) is 5.10 Å². The minimum Gasteiger partial charge on any atom is -0.384 e. The average molecular weight is 476 g/mol. The molecule has 1 aliphatic heterocycles. The third-order valence-corrected chi connectivity index (χ3v) is 5.74. The lowest BCUT2D eigenvalue weighted by Gasteiger charge is -2.22. The molecule has 0 radical (unpaired) electrons. The Balaban J connectivity index is 1.52. The van der Waals surface area contributed by atoms with E-state index in [2.05, 4.69) is 15.4 Å². The molecule has 1 aromatic heterocycles. The van der Waals surface area contributed by atoms with Gasteiger partial charge in [0.1, 0.15) is 11.3 Å². The van der Waals surface area contributed by atoms with Crippen molar-refractivity contribution < 1.29 is 9.90 Å². The van der Waals surface area contributed by atoms with E-state index in [1.165, 1.54) is 5.01 Å². The number of pyridine rings is 1. The van der Waals surface area contributed by atoms with E-state index in [0.717, 1.165) is 16.7 Å². The van der Waals surface area contributed by atoms with Crippen LogP contribution < -0.4 is 10.3 Å². The predicted molar refractivity (Wildman–Crippen MR) is 123 cm³/mol. The van der Waals surface area contributed by atoms with Crippen LogP contribution in [-0.4, -0.2) is 28.9 Å². The Labute approximate surface area is 194 Å². The molecule has 0 saturated carbocycles. The van der Waals surface area contributed by atoms with Gasteiger partial charge in [0.25, 0.3) is 0 Å². The second-order valence-corrected chi connectivity index (χ2v) is 8.12. The Morgan fingerprint density at radius 1 is 1.03 bits per heavy atom. The summed E-state index contributed by atoms with van der Waals surface area (Å²) in [6, 6.07) is 13.9. The number of hydrazone groups is 1. The van der Waals surface area contributed by atoms with Gasteiger partial charge >= 0.3 is 6.03 Å². The maximum Gasteiger partial charge on any atom is 0.342 e. The molecule has 0 saturated heterocycles. The van der Waals surface area contributed by atoms with Gasteiger partial charge in [-0.15, -0.1) is 0 Å². The molecule has 2 aromatic carbocycles. The van der Waals surface area contributed by atoms with Gasteiger partial charge < -0.3 is 10.4 Å². The van der Waals surface area contributed by atoms with Crippen LogP contribution in [0.15, 0.2) is 59.8 Å². The summed E-state index contributed by atoms with van der Waals surface area (Å²) in [5.41, 5.74) is 3.58. The smallest absolute Gasteiger partial charge is 0.342 e. The topological polar surface area (TPSA) is 77.8 Å². The molecule has 1 aliphatic rings. The number of amides is 2. The number of nitrogens with one attached hydrogen (secondary N) is 1. The molecule has 0 aliphatic carbocycles. The van der Waals surface area contributed by atoms with Crippen LogP contribution in [0.3, 0.4) is 0 Å². The predicted octanol–water partition coefficient (Wildman–Crippen LogP) is 5.23. The van der Waals surface area contributed by atoms with Gasteiger partial charge in [0.2, 0.25) is 0 Å². The normalized spacial score (nSPS) is 14.5. The Morgan fingerprint density at radius 2 is 1.71 bits per heavy atom. The Kier molecular flexibility index (Phi) is 6.43. The van der Waals surface area contributed by atoms with Crippen molar-refractivity contribution in [3.8, 4) is 0 Å². The summed E-state index contributed by atoms with van der Waals surface area (Å²) in [5.74, 6) is 0. The Hall–Kier alpha value is -2.64. The van der Waals surface area contributed by atoms with E-state index >= 15 is 0 Å². The van der Waals surface area contributed by atoms with E-state index < -0.39 is 6.10 Å². The fourth-order valence-electron chi connectivity index (χ4n) is 3.21. The third kappa shape index (κ3) is 4.83. The maximum atomic E-state index is 12.0. The summed E-state index contributed by atoms with van der Waals surface area (Å²) in [4.78, 5) is 16.0. The van der Waals surface area contributed by atoms with Gasteiger partial charge in [-0.05, 0) is 34.9 Å². The summed E-state index contributed by atoms with van der Waals surface area (Å²) in [5, 5.41) is 19.8. The average Bonchev–Trinajstić information content (AvgIpc) is 2.77. The zero-order valence-corrected chi connectivity index (χ0v) is 18.4. The summed E-state index contributed by atoms with van der Waals surface area (Å²) in [6.45, 7) is 0.383. The van der Waals surface area contributed by atoms with Crippen molar-refractivity contribution in [1.29, 1.82) is 0 Å². The van der Waals surface area contributed by atoms with Gasteiger partial charge in [-0.2, -0.15) is 10.1 Å². The molecule has 1 atom stereocenters. The highest BCUT2D eigenvalue weighted by atomic mass is 35.5. The number of carbonyl (C=O) groups excluding carboxylic acids is 1. The molecule has 158 valence electrons. The highest BCUT2D eigenvalue weighted by Gasteiger charge is 2.20. The van der Waals surface area contributed by atoms with Crippen molar-refractivity contribution in [2.45, 2.75) is 12.5 Å². The van der Waals surface area contributed by atoms with Gasteiger partial charge in [0.15, 0.2) is 0 Å². The number of aliphatic hydroxyl groups excluding tert-OH is 1. The van der Waals surface area contributed by atoms with E-state index in [1.54, 1.807) is 36.7 Å². The molecule has 2 N–H and O–H groups in total. The SMILES string of the molecule is O=C1NCC=NN1c1cc(Cl)c(Cc2ccc(C(O)c3ccc(Cl)nc3)cc2)c(Cl)c1. The highest BCUT2D eigenvalue weighted by Crippen LogP contribution is 2.33. The van der Waals surface area contributed by atoms with Gasteiger partial charge in [-0.1, -0.05) is 65.1 Å². The number of hydrogen-bond donors (Lipinski definition) is 2. The first-order valence-electron chi connectivity index (χ1n) is 9.39. The van der Waals surface area contributed by atoms with Crippen molar-refractivity contribution in [3.63, 3.8) is 0 Å². The van der Waals surface area contributed by atoms with Crippen LogP contribution in [0.2, 0.25) is 15.2 Å². The Bertz CT molecular complexity index is 1110. The van der Waals surface area contributed by atoms with Crippen molar-refractivity contribution >= 4 is 52.7 Å². The lowest BCUT2D eigenvalue weighted by Crippen LogP contribution is -2.41. The molecule has 1 unspecified atom stereocenters. The molecule has 3 aromatic rings. The summed E-state index contributed by atoms with van der Waals surface area (Å²) < 4.78 is 0. The lowest BCUT2D eigenvalue weighted by atomic mass is 9.99. The Morgan fingerprint density at radius 3 is 2.32 bits per heavy atom. The zero-order valence-electron chi connectivity index (χ0n) is 16.1. The molecule has 6 nitrogen and oxygen atoms in total.